The van der Waals surface area contributed by atoms with Gasteiger partial charge in [0, 0.05) is 24.5 Å². The molecular formula is C20H22ClN5O4. The predicted molar refractivity (Wildman–Crippen MR) is 114 cm³/mol. The van der Waals surface area contributed by atoms with Gasteiger partial charge in [-0.05, 0) is 37.5 Å². The summed E-state index contributed by atoms with van der Waals surface area (Å²) in [5.41, 5.74) is 0.0736. The second-order valence-corrected chi connectivity index (χ2v) is 7.77. The normalized spacial score (nSPS) is 18.4. The van der Waals surface area contributed by atoms with Crippen molar-refractivity contribution >= 4 is 40.9 Å². The average molecular weight is 432 g/mol. The minimum Gasteiger partial charge on any atom is -0.495 e. The first-order valence-electron chi connectivity index (χ1n) is 9.79. The van der Waals surface area contributed by atoms with E-state index >= 15 is 0 Å². The van der Waals surface area contributed by atoms with Crippen LogP contribution in [-0.2, 0) is 9.59 Å². The molecule has 0 saturated carbocycles. The van der Waals surface area contributed by atoms with E-state index in [1.54, 1.807) is 18.2 Å². The standard InChI is InChI=1S/C20H22ClN5O4/c1-30-14-6-5-11(21)9-13(14)22-18(28)12-10-15(27)23-17-16(12)19(29)25-20(24-17)26-7-3-2-4-8-26/h5-6,9,12H,2-4,7-8,10H2,1H3,(H,22,28)(H2,23,24,25,27,29). The molecule has 158 valence electrons. The van der Waals surface area contributed by atoms with E-state index in [0.717, 1.165) is 32.4 Å². The maximum absolute atomic E-state index is 13.0. The van der Waals surface area contributed by atoms with E-state index in [1.165, 1.54) is 7.11 Å². The zero-order chi connectivity index (χ0) is 21.3. The molecule has 0 radical (unpaired) electrons. The fraction of sp³-hybridized carbons (Fsp3) is 0.400. The first kappa shape index (κ1) is 20.2. The van der Waals surface area contributed by atoms with E-state index in [-0.39, 0.29) is 23.7 Å². The fourth-order valence-corrected chi connectivity index (χ4v) is 4.01. The molecule has 1 atom stereocenters. The third-order valence-corrected chi connectivity index (χ3v) is 5.57. The molecular weight excluding hydrogens is 410 g/mol. The number of methoxy groups -OCH3 is 1. The number of halogens is 1. The van der Waals surface area contributed by atoms with Gasteiger partial charge < -0.3 is 20.3 Å². The van der Waals surface area contributed by atoms with Crippen LogP contribution in [0.4, 0.5) is 17.5 Å². The van der Waals surface area contributed by atoms with Gasteiger partial charge in [0.15, 0.2) is 0 Å². The summed E-state index contributed by atoms with van der Waals surface area (Å²) in [6.45, 7) is 1.57. The SMILES string of the molecule is COc1ccc(Cl)cc1NC(=O)C1CC(=O)Nc2nc(N3CCCCC3)[nH]c(=O)c21. The molecule has 0 aliphatic carbocycles. The van der Waals surface area contributed by atoms with Crippen LogP contribution >= 0.6 is 11.6 Å². The van der Waals surface area contributed by atoms with Crippen LogP contribution in [0.1, 0.15) is 37.2 Å². The fourth-order valence-electron chi connectivity index (χ4n) is 3.84. The highest BCUT2D eigenvalue weighted by molar-refractivity contribution is 6.31. The number of benzene rings is 1. The molecule has 9 nitrogen and oxygen atoms in total. The van der Waals surface area contributed by atoms with Crippen LogP contribution in [0, 0.1) is 0 Å². The van der Waals surface area contributed by atoms with E-state index in [1.807, 2.05) is 4.90 Å². The summed E-state index contributed by atoms with van der Waals surface area (Å²) in [6, 6.07) is 4.80. The van der Waals surface area contributed by atoms with Gasteiger partial charge in [-0.3, -0.25) is 19.4 Å². The quantitative estimate of drug-likeness (QED) is 0.684. The number of fused-ring (bicyclic) bond motifs is 1. The largest absolute Gasteiger partial charge is 0.495 e. The van der Waals surface area contributed by atoms with E-state index < -0.39 is 17.4 Å². The van der Waals surface area contributed by atoms with Crippen molar-refractivity contribution in [2.75, 3.05) is 35.7 Å². The number of carbonyl (C=O) groups is 2. The van der Waals surface area contributed by atoms with Crippen molar-refractivity contribution in [2.45, 2.75) is 31.6 Å². The molecule has 2 amide bonds. The van der Waals surface area contributed by atoms with Gasteiger partial charge in [0.1, 0.15) is 11.6 Å². The Kier molecular flexibility index (Phi) is 5.63. The molecule has 1 aromatic heterocycles. The summed E-state index contributed by atoms with van der Waals surface area (Å²) in [4.78, 5) is 47.4. The highest BCUT2D eigenvalue weighted by Gasteiger charge is 2.35. The number of H-pyrrole nitrogens is 1. The van der Waals surface area contributed by atoms with Crippen molar-refractivity contribution in [3.05, 3.63) is 39.1 Å². The Morgan fingerprint density at radius 2 is 2.03 bits per heavy atom. The Balaban J connectivity index is 1.66. The van der Waals surface area contributed by atoms with Gasteiger partial charge in [0.05, 0.1) is 24.3 Å². The van der Waals surface area contributed by atoms with Crippen molar-refractivity contribution < 1.29 is 14.3 Å². The van der Waals surface area contributed by atoms with E-state index in [2.05, 4.69) is 20.6 Å². The van der Waals surface area contributed by atoms with Gasteiger partial charge >= 0.3 is 0 Å². The van der Waals surface area contributed by atoms with Crippen molar-refractivity contribution in [1.82, 2.24) is 9.97 Å². The molecule has 4 rings (SSSR count). The molecule has 0 spiro atoms. The van der Waals surface area contributed by atoms with E-state index in [4.69, 9.17) is 16.3 Å². The van der Waals surface area contributed by atoms with Crippen molar-refractivity contribution in [3.8, 4) is 5.75 Å². The molecule has 1 unspecified atom stereocenters. The van der Waals surface area contributed by atoms with Crippen LogP contribution in [-0.4, -0.2) is 42.0 Å². The van der Waals surface area contributed by atoms with Crippen molar-refractivity contribution in [1.29, 1.82) is 0 Å². The maximum Gasteiger partial charge on any atom is 0.258 e. The number of anilines is 3. The van der Waals surface area contributed by atoms with Gasteiger partial charge in [-0.1, -0.05) is 11.6 Å². The lowest BCUT2D eigenvalue weighted by Gasteiger charge is -2.29. The molecule has 2 aromatic rings. The molecule has 3 heterocycles. The molecule has 2 aliphatic heterocycles. The summed E-state index contributed by atoms with van der Waals surface area (Å²) in [5, 5.41) is 5.77. The number of aromatic nitrogens is 2. The molecule has 2 aliphatic rings. The first-order valence-corrected chi connectivity index (χ1v) is 10.2. The Hall–Kier alpha value is -3.07. The Morgan fingerprint density at radius 3 is 2.77 bits per heavy atom. The zero-order valence-electron chi connectivity index (χ0n) is 16.5. The third kappa shape index (κ3) is 3.97. The number of carbonyl (C=O) groups excluding carboxylic acids is 2. The van der Waals surface area contributed by atoms with Crippen LogP contribution in [0.3, 0.4) is 0 Å². The average Bonchev–Trinajstić information content (AvgIpc) is 2.73. The van der Waals surface area contributed by atoms with Gasteiger partial charge in [0.2, 0.25) is 17.8 Å². The van der Waals surface area contributed by atoms with Crippen molar-refractivity contribution in [2.24, 2.45) is 0 Å². The lowest BCUT2D eigenvalue weighted by molar-refractivity contribution is -0.123. The van der Waals surface area contributed by atoms with E-state index in [9.17, 15) is 14.4 Å². The van der Waals surface area contributed by atoms with Crippen LogP contribution in [0.5, 0.6) is 5.75 Å². The number of piperidine rings is 1. The third-order valence-electron chi connectivity index (χ3n) is 5.33. The summed E-state index contributed by atoms with van der Waals surface area (Å²) >= 11 is 6.02. The van der Waals surface area contributed by atoms with Gasteiger partial charge in [-0.25, -0.2) is 0 Å². The monoisotopic (exact) mass is 431 g/mol. The molecule has 1 aromatic carbocycles. The summed E-state index contributed by atoms with van der Waals surface area (Å²) < 4.78 is 5.25. The van der Waals surface area contributed by atoms with Crippen LogP contribution < -0.4 is 25.8 Å². The van der Waals surface area contributed by atoms with Crippen LogP contribution in [0.15, 0.2) is 23.0 Å². The number of rotatable bonds is 4. The first-order chi connectivity index (χ1) is 14.5. The molecule has 30 heavy (non-hydrogen) atoms. The second kappa shape index (κ2) is 8.35. The topological polar surface area (TPSA) is 116 Å². The molecule has 1 saturated heterocycles. The summed E-state index contributed by atoms with van der Waals surface area (Å²) in [6.07, 6.45) is 3.01. The lowest BCUT2D eigenvalue weighted by Crippen LogP contribution is -2.38. The molecule has 1 fully saturated rings. The lowest BCUT2D eigenvalue weighted by atomic mass is 9.92. The molecule has 0 bridgehead atoms. The highest BCUT2D eigenvalue weighted by Crippen LogP contribution is 2.33. The van der Waals surface area contributed by atoms with Gasteiger partial charge in [-0.15, -0.1) is 0 Å². The molecule has 10 heteroatoms. The maximum atomic E-state index is 13.0. The second-order valence-electron chi connectivity index (χ2n) is 7.34. The van der Waals surface area contributed by atoms with Crippen LogP contribution in [0.2, 0.25) is 5.02 Å². The number of amides is 2. The summed E-state index contributed by atoms with van der Waals surface area (Å²) in [5.74, 6) is -0.900. The Labute approximate surface area is 177 Å². The zero-order valence-corrected chi connectivity index (χ0v) is 17.2. The van der Waals surface area contributed by atoms with Crippen molar-refractivity contribution in [3.63, 3.8) is 0 Å². The summed E-state index contributed by atoms with van der Waals surface area (Å²) in [7, 11) is 1.47. The minimum atomic E-state index is -0.982. The number of hydrogen-bond donors (Lipinski definition) is 3. The van der Waals surface area contributed by atoms with Crippen LogP contribution in [0.25, 0.3) is 0 Å². The predicted octanol–water partition coefficient (Wildman–Crippen LogP) is 2.49. The smallest absolute Gasteiger partial charge is 0.258 e. The Morgan fingerprint density at radius 1 is 1.27 bits per heavy atom. The van der Waals surface area contributed by atoms with Gasteiger partial charge in [-0.2, -0.15) is 4.98 Å². The number of ether oxygens (including phenoxy) is 1. The molecule has 3 N–H and O–H groups in total. The highest BCUT2D eigenvalue weighted by atomic mass is 35.5. The number of nitrogens with zero attached hydrogens (tertiary/aromatic N) is 2. The Bertz CT molecular complexity index is 1050. The number of aromatic amines is 1. The minimum absolute atomic E-state index is 0.133. The number of nitrogens with one attached hydrogen (secondary N) is 3. The number of hydrogen-bond acceptors (Lipinski definition) is 6. The van der Waals surface area contributed by atoms with Gasteiger partial charge in [0.25, 0.3) is 5.56 Å². The van der Waals surface area contributed by atoms with E-state index in [0.29, 0.717) is 22.4 Å².